The summed E-state index contributed by atoms with van der Waals surface area (Å²) in [5.41, 5.74) is 0. The van der Waals surface area contributed by atoms with Crippen molar-refractivity contribution in [2.24, 2.45) is 11.8 Å². The van der Waals surface area contributed by atoms with Crippen molar-refractivity contribution in [3.05, 3.63) is 0 Å². The highest BCUT2D eigenvalue weighted by Crippen LogP contribution is 2.43. The molecule has 54 valence electrons. The van der Waals surface area contributed by atoms with Gasteiger partial charge in [0.05, 0.1) is 0 Å². The van der Waals surface area contributed by atoms with Gasteiger partial charge in [0, 0.05) is 5.92 Å². The lowest BCUT2D eigenvalue weighted by Crippen LogP contribution is -2.22. The van der Waals surface area contributed by atoms with Gasteiger partial charge in [-0.2, -0.15) is 0 Å². The molecule has 0 N–H and O–H groups in total. The van der Waals surface area contributed by atoms with Crippen molar-refractivity contribution < 1.29 is 8.78 Å². The number of rotatable bonds is 2. The van der Waals surface area contributed by atoms with Crippen LogP contribution in [0.3, 0.4) is 0 Å². The first-order chi connectivity index (χ1) is 4.02. The van der Waals surface area contributed by atoms with Crippen LogP contribution in [-0.4, -0.2) is 5.92 Å². The largest absolute Gasteiger partial charge is 0.248 e. The second-order valence-corrected chi connectivity index (χ2v) is 3.08. The molecule has 0 bridgehead atoms. The van der Waals surface area contributed by atoms with Crippen LogP contribution in [0.15, 0.2) is 0 Å². The number of alkyl halides is 2. The van der Waals surface area contributed by atoms with Gasteiger partial charge >= 0.3 is 0 Å². The molecule has 0 nitrogen and oxygen atoms in total. The molecule has 0 aromatic heterocycles. The third-order valence-corrected chi connectivity index (χ3v) is 2.13. The molecule has 1 fully saturated rings. The number of hydrogen-bond donors (Lipinski definition) is 0. The third-order valence-electron chi connectivity index (χ3n) is 2.13. The van der Waals surface area contributed by atoms with E-state index in [-0.39, 0.29) is 0 Å². The van der Waals surface area contributed by atoms with E-state index in [0.717, 1.165) is 19.8 Å². The van der Waals surface area contributed by atoms with E-state index in [2.05, 4.69) is 0 Å². The molecule has 0 amide bonds. The van der Waals surface area contributed by atoms with Crippen LogP contribution in [0.4, 0.5) is 8.78 Å². The van der Waals surface area contributed by atoms with Crippen molar-refractivity contribution in [2.75, 3.05) is 0 Å². The van der Waals surface area contributed by atoms with Gasteiger partial charge in [0.25, 0.3) is 0 Å². The Kier molecular flexibility index (Phi) is 1.49. The van der Waals surface area contributed by atoms with Crippen LogP contribution in [0.25, 0.3) is 0 Å². The molecule has 0 spiro atoms. The summed E-state index contributed by atoms with van der Waals surface area (Å²) in [5, 5.41) is 0. The first-order valence-electron chi connectivity index (χ1n) is 3.39. The maximum absolute atomic E-state index is 12.4. The highest BCUT2D eigenvalue weighted by Gasteiger charge is 2.41. The van der Waals surface area contributed by atoms with Gasteiger partial charge in [-0.3, -0.25) is 0 Å². The normalized spacial score (nSPS) is 24.0. The summed E-state index contributed by atoms with van der Waals surface area (Å²) in [5.74, 6) is -2.55. The molecular weight excluding hydrogens is 122 g/mol. The Hall–Kier alpha value is -0.140. The summed E-state index contributed by atoms with van der Waals surface area (Å²) < 4.78 is 24.8. The zero-order chi connectivity index (χ0) is 7.07. The summed E-state index contributed by atoms with van der Waals surface area (Å²) in [6.45, 7) is 2.65. The zero-order valence-corrected chi connectivity index (χ0v) is 5.82. The summed E-state index contributed by atoms with van der Waals surface area (Å²) >= 11 is 0. The van der Waals surface area contributed by atoms with Crippen LogP contribution in [-0.2, 0) is 0 Å². The number of halogens is 2. The third kappa shape index (κ3) is 1.63. The zero-order valence-electron chi connectivity index (χ0n) is 5.82. The van der Waals surface area contributed by atoms with Gasteiger partial charge in [-0.15, -0.1) is 0 Å². The summed E-state index contributed by atoms with van der Waals surface area (Å²) in [7, 11) is 0. The van der Waals surface area contributed by atoms with E-state index in [4.69, 9.17) is 0 Å². The summed E-state index contributed by atoms with van der Waals surface area (Å²) in [4.78, 5) is 0. The van der Waals surface area contributed by atoms with E-state index >= 15 is 0 Å². The molecule has 1 saturated carbocycles. The Bertz CT molecular complexity index is 100.0. The Morgan fingerprint density at radius 1 is 1.44 bits per heavy atom. The minimum absolute atomic E-state index is 0.310. The Morgan fingerprint density at radius 3 is 2.00 bits per heavy atom. The second kappa shape index (κ2) is 1.93. The highest BCUT2D eigenvalue weighted by molar-refractivity contribution is 4.84. The van der Waals surface area contributed by atoms with Crippen LogP contribution in [0.5, 0.6) is 0 Å². The molecular formula is C7H12F2. The molecule has 2 heteroatoms. The molecule has 1 rings (SSSR count). The van der Waals surface area contributed by atoms with Crippen LogP contribution in [0.1, 0.15) is 26.7 Å². The standard InChI is InChI=1S/C7H12F2/c1-5(6-3-4-6)7(2,8)9/h5-6H,3-4H2,1-2H3/t5-/m0/s1. The molecule has 0 saturated heterocycles. The molecule has 1 atom stereocenters. The molecule has 0 unspecified atom stereocenters. The van der Waals surface area contributed by atoms with Crippen molar-refractivity contribution in [1.29, 1.82) is 0 Å². The van der Waals surface area contributed by atoms with Gasteiger partial charge in [-0.1, -0.05) is 6.92 Å². The van der Waals surface area contributed by atoms with E-state index in [1.807, 2.05) is 0 Å². The average molecular weight is 134 g/mol. The van der Waals surface area contributed by atoms with Crippen LogP contribution in [0.2, 0.25) is 0 Å². The van der Waals surface area contributed by atoms with Crippen molar-refractivity contribution in [3.8, 4) is 0 Å². The minimum atomic E-state index is -2.46. The Balaban J connectivity index is 2.40. The van der Waals surface area contributed by atoms with Crippen molar-refractivity contribution >= 4 is 0 Å². The highest BCUT2D eigenvalue weighted by atomic mass is 19.3. The Morgan fingerprint density at radius 2 is 1.89 bits per heavy atom. The van der Waals surface area contributed by atoms with Gasteiger partial charge in [-0.05, 0) is 25.7 Å². The molecule has 1 aliphatic carbocycles. The predicted octanol–water partition coefficient (Wildman–Crippen LogP) is 2.69. The maximum atomic E-state index is 12.4. The van der Waals surface area contributed by atoms with Gasteiger partial charge in [0.1, 0.15) is 0 Å². The lowest BCUT2D eigenvalue weighted by molar-refractivity contribution is -0.0406. The van der Waals surface area contributed by atoms with Crippen molar-refractivity contribution in [3.63, 3.8) is 0 Å². The lowest BCUT2D eigenvalue weighted by Gasteiger charge is -2.17. The van der Waals surface area contributed by atoms with E-state index in [1.165, 1.54) is 0 Å². The van der Waals surface area contributed by atoms with E-state index in [1.54, 1.807) is 6.92 Å². The summed E-state index contributed by atoms with van der Waals surface area (Å²) in [6, 6.07) is 0. The maximum Gasteiger partial charge on any atom is 0.248 e. The van der Waals surface area contributed by atoms with E-state index in [0.29, 0.717) is 5.92 Å². The van der Waals surface area contributed by atoms with E-state index in [9.17, 15) is 8.78 Å². The lowest BCUT2D eigenvalue weighted by atomic mass is 10.00. The molecule has 0 aromatic rings. The van der Waals surface area contributed by atoms with Crippen LogP contribution in [0, 0.1) is 11.8 Å². The van der Waals surface area contributed by atoms with Gasteiger partial charge < -0.3 is 0 Å². The fourth-order valence-electron chi connectivity index (χ4n) is 1.01. The van der Waals surface area contributed by atoms with Gasteiger partial charge in [-0.25, -0.2) is 8.78 Å². The SMILES string of the molecule is C[C@@H](C1CC1)C(C)(F)F. The predicted molar refractivity (Wildman–Crippen MR) is 32.5 cm³/mol. The second-order valence-electron chi connectivity index (χ2n) is 3.08. The van der Waals surface area contributed by atoms with Gasteiger partial charge in [0.2, 0.25) is 5.92 Å². The first-order valence-corrected chi connectivity index (χ1v) is 3.39. The average Bonchev–Trinajstić information content (AvgIpc) is 2.40. The fourth-order valence-corrected chi connectivity index (χ4v) is 1.01. The topological polar surface area (TPSA) is 0 Å². The van der Waals surface area contributed by atoms with Crippen molar-refractivity contribution in [1.82, 2.24) is 0 Å². The van der Waals surface area contributed by atoms with E-state index < -0.39 is 11.8 Å². The number of hydrogen-bond acceptors (Lipinski definition) is 0. The van der Waals surface area contributed by atoms with Gasteiger partial charge in [0.15, 0.2) is 0 Å². The molecule has 0 aromatic carbocycles. The minimum Gasteiger partial charge on any atom is -0.207 e. The van der Waals surface area contributed by atoms with Crippen molar-refractivity contribution in [2.45, 2.75) is 32.6 Å². The molecule has 0 heterocycles. The quantitative estimate of drug-likeness (QED) is 0.544. The fraction of sp³-hybridized carbons (Fsp3) is 1.00. The molecule has 1 aliphatic rings. The Labute approximate surface area is 54.3 Å². The summed E-state index contributed by atoms with van der Waals surface area (Å²) in [6.07, 6.45) is 2.01. The molecule has 9 heavy (non-hydrogen) atoms. The first kappa shape index (κ1) is 6.97. The smallest absolute Gasteiger partial charge is 0.207 e. The van der Waals surface area contributed by atoms with Crippen LogP contribution < -0.4 is 0 Å². The van der Waals surface area contributed by atoms with Crippen LogP contribution >= 0.6 is 0 Å². The monoisotopic (exact) mass is 134 g/mol. The molecule has 0 radical (unpaired) electrons. The molecule has 0 aliphatic heterocycles.